The van der Waals surface area contributed by atoms with Crippen LogP contribution in [-0.4, -0.2) is 64.5 Å². The Morgan fingerprint density at radius 2 is 0.643 bits per heavy atom. The molecule has 0 saturated heterocycles. The first-order valence-corrected chi connectivity index (χ1v) is 14.5. The molecule has 28 heavy (non-hydrogen) atoms. The normalized spacial score (nSPS) is 12.6. The lowest BCUT2D eigenvalue weighted by molar-refractivity contribution is 0.372. The van der Waals surface area contributed by atoms with Crippen molar-refractivity contribution in [2.24, 2.45) is 0 Å². The number of nitrogens with zero attached hydrogens (tertiary/aromatic N) is 3. The molecule has 3 nitrogen and oxygen atoms in total. The van der Waals surface area contributed by atoms with Gasteiger partial charge in [0.15, 0.2) is 0 Å². The van der Waals surface area contributed by atoms with Gasteiger partial charge in [-0.2, -0.15) is 0 Å². The second-order valence-electron chi connectivity index (χ2n) is 9.51. The zero-order valence-corrected chi connectivity index (χ0v) is 21.9. The molecule has 0 atom stereocenters. The van der Waals surface area contributed by atoms with Crippen molar-refractivity contribution < 1.29 is 0 Å². The SMILES string of the molecule is CCCCCCCCCCCCCCCCCC[Si](N(C)C)(N(C)C)N(C)C. The third-order valence-electron chi connectivity index (χ3n) is 6.51. The third kappa shape index (κ3) is 11.9. The Labute approximate surface area is 180 Å². The first-order chi connectivity index (χ1) is 13.4. The summed E-state index contributed by atoms with van der Waals surface area (Å²) in [5.74, 6) is 0. The predicted octanol–water partition coefficient (Wildman–Crippen LogP) is 6.87. The van der Waals surface area contributed by atoms with E-state index in [4.69, 9.17) is 0 Å². The fourth-order valence-electron chi connectivity index (χ4n) is 4.78. The Bertz CT molecular complexity index is 310. The smallest absolute Gasteiger partial charge is 0.288 e. The molecular formula is C24H55N3Si. The number of rotatable bonds is 20. The van der Waals surface area contributed by atoms with Crippen LogP contribution in [0.3, 0.4) is 0 Å². The van der Waals surface area contributed by atoms with Gasteiger partial charge in [0.2, 0.25) is 0 Å². The second kappa shape index (κ2) is 17.9. The number of hydrogen-bond acceptors (Lipinski definition) is 3. The van der Waals surface area contributed by atoms with Crippen molar-refractivity contribution in [2.75, 3.05) is 42.3 Å². The van der Waals surface area contributed by atoms with Crippen LogP contribution in [0.4, 0.5) is 0 Å². The van der Waals surface area contributed by atoms with Gasteiger partial charge in [0.25, 0.3) is 8.56 Å². The summed E-state index contributed by atoms with van der Waals surface area (Å²) in [4.78, 5) is 0. The molecule has 0 aliphatic heterocycles. The second-order valence-corrected chi connectivity index (χ2v) is 14.2. The highest BCUT2D eigenvalue weighted by molar-refractivity contribution is 6.71. The third-order valence-corrected chi connectivity index (χ3v) is 11.8. The standard InChI is InChI=1S/C24H55N3Si/c1-8-9-10-11-12-13-14-15-16-17-18-19-20-21-22-23-24-28(25(2)3,26(4)5)27(6)7/h8-24H2,1-7H3. The molecule has 0 aromatic rings. The van der Waals surface area contributed by atoms with E-state index in [2.05, 4.69) is 62.9 Å². The molecule has 0 radical (unpaired) electrons. The van der Waals surface area contributed by atoms with E-state index in [9.17, 15) is 0 Å². The van der Waals surface area contributed by atoms with Gasteiger partial charge in [0.1, 0.15) is 0 Å². The molecule has 0 spiro atoms. The summed E-state index contributed by atoms with van der Waals surface area (Å²) >= 11 is 0. The molecule has 0 unspecified atom stereocenters. The van der Waals surface area contributed by atoms with Crippen molar-refractivity contribution in [3.63, 3.8) is 0 Å². The molecule has 0 saturated carbocycles. The molecule has 0 aromatic heterocycles. The van der Waals surface area contributed by atoms with Crippen LogP contribution in [0.2, 0.25) is 6.04 Å². The van der Waals surface area contributed by atoms with Gasteiger partial charge in [0, 0.05) is 0 Å². The van der Waals surface area contributed by atoms with Crippen molar-refractivity contribution in [2.45, 2.75) is 116 Å². The van der Waals surface area contributed by atoms with Gasteiger partial charge in [-0.15, -0.1) is 0 Å². The summed E-state index contributed by atoms with van der Waals surface area (Å²) in [5, 5.41) is 0. The molecule has 4 heteroatoms. The maximum Gasteiger partial charge on any atom is 0.288 e. The van der Waals surface area contributed by atoms with E-state index < -0.39 is 8.56 Å². The number of unbranched alkanes of at least 4 members (excludes halogenated alkanes) is 15. The van der Waals surface area contributed by atoms with E-state index in [1.165, 1.54) is 109 Å². The molecule has 170 valence electrons. The molecule has 0 fully saturated rings. The van der Waals surface area contributed by atoms with E-state index in [1.807, 2.05) is 0 Å². The minimum Gasteiger partial charge on any atom is -0.305 e. The van der Waals surface area contributed by atoms with E-state index in [0.29, 0.717) is 0 Å². The van der Waals surface area contributed by atoms with Crippen LogP contribution in [-0.2, 0) is 0 Å². The lowest BCUT2D eigenvalue weighted by atomic mass is 10.0. The first-order valence-electron chi connectivity index (χ1n) is 12.4. The van der Waals surface area contributed by atoms with Crippen LogP contribution in [0.25, 0.3) is 0 Å². The van der Waals surface area contributed by atoms with Crippen molar-refractivity contribution in [1.82, 2.24) is 13.7 Å². The first kappa shape index (κ1) is 28.1. The quantitative estimate of drug-likeness (QED) is 0.159. The van der Waals surface area contributed by atoms with Gasteiger partial charge in [0.05, 0.1) is 0 Å². The highest BCUT2D eigenvalue weighted by Gasteiger charge is 2.41. The maximum absolute atomic E-state index is 2.50. The van der Waals surface area contributed by atoms with Gasteiger partial charge in [-0.3, -0.25) is 0 Å². The summed E-state index contributed by atoms with van der Waals surface area (Å²) < 4.78 is 7.49. The Hall–Kier alpha value is 0.0969. The van der Waals surface area contributed by atoms with Crippen molar-refractivity contribution in [3.05, 3.63) is 0 Å². The molecule has 0 bridgehead atoms. The minimum atomic E-state index is -1.63. The fourth-order valence-corrected chi connectivity index (χ4v) is 9.25. The zero-order valence-electron chi connectivity index (χ0n) is 20.9. The topological polar surface area (TPSA) is 9.72 Å². The average molecular weight is 414 g/mol. The average Bonchev–Trinajstić information content (AvgIpc) is 2.63. The van der Waals surface area contributed by atoms with Crippen molar-refractivity contribution >= 4 is 8.56 Å². The predicted molar refractivity (Wildman–Crippen MR) is 131 cm³/mol. The van der Waals surface area contributed by atoms with Gasteiger partial charge in [-0.25, -0.2) is 0 Å². The lowest BCUT2D eigenvalue weighted by Crippen LogP contribution is -2.69. The van der Waals surface area contributed by atoms with Crippen LogP contribution in [0.5, 0.6) is 0 Å². The minimum absolute atomic E-state index is 1.35. The summed E-state index contributed by atoms with van der Waals surface area (Å²) in [6.07, 6.45) is 23.1. The van der Waals surface area contributed by atoms with Crippen LogP contribution < -0.4 is 0 Å². The molecule has 0 aromatic carbocycles. The molecule has 0 aliphatic rings. The molecular weight excluding hydrogens is 358 g/mol. The lowest BCUT2D eigenvalue weighted by Gasteiger charge is -2.46. The van der Waals surface area contributed by atoms with Crippen molar-refractivity contribution in [1.29, 1.82) is 0 Å². The molecule has 0 heterocycles. The molecule has 0 rings (SSSR count). The highest BCUT2D eigenvalue weighted by atomic mass is 28.4. The largest absolute Gasteiger partial charge is 0.305 e. The van der Waals surface area contributed by atoms with Crippen LogP contribution >= 0.6 is 0 Å². The van der Waals surface area contributed by atoms with E-state index in [0.717, 1.165) is 0 Å². The van der Waals surface area contributed by atoms with Gasteiger partial charge >= 0.3 is 0 Å². The number of hydrogen-bond donors (Lipinski definition) is 0. The maximum atomic E-state index is 2.50. The van der Waals surface area contributed by atoms with Crippen LogP contribution in [0.15, 0.2) is 0 Å². The summed E-state index contributed by atoms with van der Waals surface area (Å²) in [5.41, 5.74) is 0. The zero-order chi connectivity index (χ0) is 21.3. The monoisotopic (exact) mass is 413 g/mol. The molecule has 0 aliphatic carbocycles. The van der Waals surface area contributed by atoms with Crippen molar-refractivity contribution in [3.8, 4) is 0 Å². The highest BCUT2D eigenvalue weighted by Crippen LogP contribution is 2.22. The summed E-state index contributed by atoms with van der Waals surface area (Å²) in [6.45, 7) is 2.30. The Morgan fingerprint density at radius 3 is 0.893 bits per heavy atom. The molecule has 0 N–H and O–H groups in total. The summed E-state index contributed by atoms with van der Waals surface area (Å²) in [7, 11) is 11.9. The van der Waals surface area contributed by atoms with Crippen LogP contribution in [0.1, 0.15) is 110 Å². The van der Waals surface area contributed by atoms with Gasteiger partial charge < -0.3 is 13.7 Å². The van der Waals surface area contributed by atoms with Gasteiger partial charge in [-0.05, 0) is 48.3 Å². The fraction of sp³-hybridized carbons (Fsp3) is 1.00. The van der Waals surface area contributed by atoms with Gasteiger partial charge in [-0.1, -0.05) is 110 Å². The Morgan fingerprint density at radius 1 is 0.393 bits per heavy atom. The van der Waals surface area contributed by atoms with E-state index in [1.54, 1.807) is 0 Å². The Balaban J connectivity index is 3.55. The van der Waals surface area contributed by atoms with Crippen LogP contribution in [0, 0.1) is 0 Å². The van der Waals surface area contributed by atoms with E-state index in [-0.39, 0.29) is 0 Å². The summed E-state index contributed by atoms with van der Waals surface area (Å²) in [6, 6.07) is 1.35. The van der Waals surface area contributed by atoms with E-state index >= 15 is 0 Å². The Kier molecular flexibility index (Phi) is 18.0. The molecule has 0 amide bonds.